The first-order chi connectivity index (χ1) is 8.80. The number of benzene rings is 1. The second kappa shape index (κ2) is 5.31. The minimum absolute atomic E-state index is 0.411. The predicted octanol–water partition coefficient (Wildman–Crippen LogP) is 3.54. The van der Waals surface area contributed by atoms with Crippen LogP contribution in [0, 0.1) is 9.49 Å². The van der Waals surface area contributed by atoms with Crippen LogP contribution in [-0.4, -0.2) is 19.0 Å². The van der Waals surface area contributed by atoms with Gasteiger partial charge in [0.05, 0.1) is 13.2 Å². The average Bonchev–Trinajstić information content (AvgIpc) is 2.31. The van der Waals surface area contributed by atoms with Crippen molar-refractivity contribution in [3.8, 4) is 0 Å². The summed E-state index contributed by atoms with van der Waals surface area (Å²) in [6.45, 7) is 1.63. The Balaban J connectivity index is 1.85. The highest BCUT2D eigenvalue weighted by Gasteiger charge is 2.43. The second-order valence-corrected chi connectivity index (χ2v) is 6.06. The molecule has 1 unspecified atom stereocenters. The Bertz CT molecular complexity index is 450. The highest BCUT2D eigenvalue weighted by molar-refractivity contribution is 14.1. The normalized spacial score (nSPS) is 25.7. The van der Waals surface area contributed by atoms with Gasteiger partial charge in [0, 0.05) is 15.9 Å². The van der Waals surface area contributed by atoms with E-state index in [1.54, 1.807) is 0 Å². The molecule has 1 atom stereocenters. The molecule has 1 heterocycles. The number of hydrogen-bond donors (Lipinski definition) is 0. The standard InChI is InChI=1S/C15H17IO2/c16-14-8-2-1-5-12(14)11-15(13-6-3-7-13)17-9-4-10-18-15/h1-3,5-6,8,13H,4,7,9-11H2. The Morgan fingerprint density at radius 1 is 1.22 bits per heavy atom. The Kier molecular flexibility index (Phi) is 3.73. The van der Waals surface area contributed by atoms with Crippen molar-refractivity contribution in [3.63, 3.8) is 0 Å². The largest absolute Gasteiger partial charge is 0.349 e. The van der Waals surface area contributed by atoms with Gasteiger partial charge in [-0.1, -0.05) is 30.4 Å². The van der Waals surface area contributed by atoms with Gasteiger partial charge in [-0.3, -0.25) is 0 Å². The van der Waals surface area contributed by atoms with Crippen LogP contribution in [0.4, 0.5) is 0 Å². The minimum atomic E-state index is -0.422. The van der Waals surface area contributed by atoms with Crippen LogP contribution in [0.3, 0.4) is 0 Å². The summed E-state index contributed by atoms with van der Waals surface area (Å²) in [5, 5.41) is 0. The summed E-state index contributed by atoms with van der Waals surface area (Å²) in [5.41, 5.74) is 1.32. The van der Waals surface area contributed by atoms with Gasteiger partial charge in [0.25, 0.3) is 0 Å². The van der Waals surface area contributed by atoms with E-state index in [4.69, 9.17) is 9.47 Å². The molecule has 1 aromatic rings. The summed E-state index contributed by atoms with van der Waals surface area (Å²) < 4.78 is 13.4. The summed E-state index contributed by atoms with van der Waals surface area (Å²) >= 11 is 2.39. The lowest BCUT2D eigenvalue weighted by atomic mass is 9.82. The number of hydrogen-bond acceptors (Lipinski definition) is 2. The van der Waals surface area contributed by atoms with Gasteiger partial charge in [0.15, 0.2) is 5.79 Å². The molecule has 18 heavy (non-hydrogen) atoms. The molecular formula is C15H17IO2. The van der Waals surface area contributed by atoms with Gasteiger partial charge in [-0.05, 0) is 47.1 Å². The Morgan fingerprint density at radius 2 is 1.94 bits per heavy atom. The third-order valence-electron chi connectivity index (χ3n) is 3.70. The van der Waals surface area contributed by atoms with Crippen molar-refractivity contribution < 1.29 is 9.47 Å². The Labute approximate surface area is 122 Å². The van der Waals surface area contributed by atoms with E-state index in [1.807, 2.05) is 0 Å². The fourth-order valence-corrected chi connectivity index (χ4v) is 3.12. The number of halogens is 1. The van der Waals surface area contributed by atoms with Crippen LogP contribution >= 0.6 is 22.6 Å². The first-order valence-corrected chi connectivity index (χ1v) is 7.56. The van der Waals surface area contributed by atoms with Crippen molar-refractivity contribution in [2.75, 3.05) is 13.2 Å². The highest BCUT2D eigenvalue weighted by atomic mass is 127. The van der Waals surface area contributed by atoms with Crippen LogP contribution < -0.4 is 0 Å². The van der Waals surface area contributed by atoms with Gasteiger partial charge in [-0.2, -0.15) is 0 Å². The maximum atomic E-state index is 6.05. The smallest absolute Gasteiger partial charge is 0.178 e. The molecule has 3 heteroatoms. The molecular weight excluding hydrogens is 339 g/mol. The molecule has 0 N–H and O–H groups in total. The summed E-state index contributed by atoms with van der Waals surface area (Å²) in [4.78, 5) is 0. The highest BCUT2D eigenvalue weighted by Crippen LogP contribution is 2.39. The van der Waals surface area contributed by atoms with Gasteiger partial charge in [0.1, 0.15) is 0 Å². The molecule has 0 radical (unpaired) electrons. The number of allylic oxidation sites excluding steroid dienone is 1. The summed E-state index contributed by atoms with van der Waals surface area (Å²) in [5.74, 6) is -0.0114. The average molecular weight is 356 g/mol. The lowest BCUT2D eigenvalue weighted by molar-refractivity contribution is -0.287. The number of ether oxygens (including phenoxy) is 2. The zero-order chi connectivity index (χ0) is 12.4. The molecule has 1 aromatic carbocycles. The van der Waals surface area contributed by atoms with Gasteiger partial charge < -0.3 is 9.47 Å². The SMILES string of the molecule is Ic1ccccc1CC1(C2C=CC2)OCCCO1. The van der Waals surface area contributed by atoms with Crippen molar-refractivity contribution in [1.82, 2.24) is 0 Å². The summed E-state index contributed by atoms with van der Waals surface area (Å²) in [6.07, 6.45) is 7.35. The third-order valence-corrected chi connectivity index (χ3v) is 4.75. The predicted molar refractivity (Wildman–Crippen MR) is 79.4 cm³/mol. The van der Waals surface area contributed by atoms with Crippen LogP contribution in [0.25, 0.3) is 0 Å². The van der Waals surface area contributed by atoms with E-state index < -0.39 is 5.79 Å². The van der Waals surface area contributed by atoms with Crippen LogP contribution in [0.1, 0.15) is 18.4 Å². The van der Waals surface area contributed by atoms with E-state index in [9.17, 15) is 0 Å². The van der Waals surface area contributed by atoms with Crippen molar-refractivity contribution in [2.45, 2.75) is 25.0 Å². The molecule has 0 aromatic heterocycles. The zero-order valence-electron chi connectivity index (χ0n) is 10.3. The first kappa shape index (κ1) is 12.6. The minimum Gasteiger partial charge on any atom is -0.349 e. The zero-order valence-corrected chi connectivity index (χ0v) is 12.4. The van der Waals surface area contributed by atoms with E-state index in [-0.39, 0.29) is 0 Å². The maximum Gasteiger partial charge on any atom is 0.178 e. The lowest BCUT2D eigenvalue weighted by Gasteiger charge is -2.44. The van der Waals surface area contributed by atoms with E-state index >= 15 is 0 Å². The van der Waals surface area contributed by atoms with Gasteiger partial charge in [-0.15, -0.1) is 0 Å². The van der Waals surface area contributed by atoms with Crippen LogP contribution in [0.5, 0.6) is 0 Å². The molecule has 1 fully saturated rings. The summed E-state index contributed by atoms with van der Waals surface area (Å²) in [7, 11) is 0. The van der Waals surface area contributed by atoms with Crippen molar-refractivity contribution in [1.29, 1.82) is 0 Å². The monoisotopic (exact) mass is 356 g/mol. The third kappa shape index (κ3) is 2.36. The fraction of sp³-hybridized carbons (Fsp3) is 0.467. The number of rotatable bonds is 3. The first-order valence-electron chi connectivity index (χ1n) is 6.48. The molecule has 1 aliphatic heterocycles. The second-order valence-electron chi connectivity index (χ2n) is 4.90. The molecule has 2 nitrogen and oxygen atoms in total. The van der Waals surface area contributed by atoms with Gasteiger partial charge in [-0.25, -0.2) is 0 Å². The fourth-order valence-electron chi connectivity index (χ4n) is 2.54. The molecule has 0 saturated carbocycles. The van der Waals surface area contributed by atoms with Crippen LogP contribution in [-0.2, 0) is 15.9 Å². The van der Waals surface area contributed by atoms with E-state index in [2.05, 4.69) is 59.0 Å². The van der Waals surface area contributed by atoms with Crippen LogP contribution in [0.2, 0.25) is 0 Å². The van der Waals surface area contributed by atoms with E-state index in [0.717, 1.165) is 32.5 Å². The molecule has 0 bridgehead atoms. The molecule has 1 aliphatic carbocycles. The van der Waals surface area contributed by atoms with Crippen LogP contribution in [0.15, 0.2) is 36.4 Å². The molecule has 0 spiro atoms. The van der Waals surface area contributed by atoms with Crippen molar-refractivity contribution in [2.24, 2.45) is 5.92 Å². The van der Waals surface area contributed by atoms with Crippen molar-refractivity contribution >= 4 is 22.6 Å². The molecule has 1 saturated heterocycles. The molecule has 2 aliphatic rings. The van der Waals surface area contributed by atoms with Gasteiger partial charge >= 0.3 is 0 Å². The van der Waals surface area contributed by atoms with E-state index in [1.165, 1.54) is 9.13 Å². The maximum absolute atomic E-state index is 6.05. The Hall–Kier alpha value is -0.390. The molecule has 96 valence electrons. The Morgan fingerprint density at radius 3 is 2.56 bits per heavy atom. The lowest BCUT2D eigenvalue weighted by Crippen LogP contribution is -2.49. The molecule has 0 amide bonds. The quantitative estimate of drug-likeness (QED) is 0.609. The van der Waals surface area contributed by atoms with Crippen molar-refractivity contribution in [3.05, 3.63) is 45.6 Å². The van der Waals surface area contributed by atoms with Gasteiger partial charge in [0.2, 0.25) is 0 Å². The topological polar surface area (TPSA) is 18.5 Å². The molecule has 3 rings (SSSR count). The summed E-state index contributed by atoms with van der Waals surface area (Å²) in [6, 6.07) is 8.48. The van der Waals surface area contributed by atoms with E-state index in [0.29, 0.717) is 5.92 Å².